The third-order valence-corrected chi connectivity index (χ3v) is 4.36. The van der Waals surface area contributed by atoms with Crippen molar-refractivity contribution in [1.82, 2.24) is 14.8 Å². The van der Waals surface area contributed by atoms with Crippen LogP contribution in [0.15, 0.2) is 47.3 Å². The number of nitrogens with one attached hydrogen (secondary N) is 1. The molecule has 1 amide bonds. The van der Waals surface area contributed by atoms with Gasteiger partial charge in [-0.15, -0.1) is 0 Å². The van der Waals surface area contributed by atoms with Crippen molar-refractivity contribution in [3.8, 4) is 5.75 Å². The number of piperazine rings is 1. The van der Waals surface area contributed by atoms with Crippen molar-refractivity contribution in [2.45, 2.75) is 6.92 Å². The van der Waals surface area contributed by atoms with Gasteiger partial charge in [0.05, 0.1) is 0 Å². The summed E-state index contributed by atoms with van der Waals surface area (Å²) in [5.74, 6) is 0.677. The van der Waals surface area contributed by atoms with E-state index in [2.05, 4.69) is 9.88 Å². The zero-order valence-corrected chi connectivity index (χ0v) is 14.4. The number of benzene rings is 1. The number of amides is 1. The van der Waals surface area contributed by atoms with E-state index in [1.165, 1.54) is 0 Å². The van der Waals surface area contributed by atoms with Crippen LogP contribution in [0.3, 0.4) is 0 Å². The second-order valence-corrected chi connectivity index (χ2v) is 6.18. The van der Waals surface area contributed by atoms with Crippen LogP contribution in [-0.4, -0.2) is 60.0 Å². The molecule has 0 unspecified atom stereocenters. The van der Waals surface area contributed by atoms with Crippen molar-refractivity contribution >= 4 is 5.91 Å². The monoisotopic (exact) mass is 341 g/mol. The van der Waals surface area contributed by atoms with Crippen LogP contribution in [0.5, 0.6) is 5.75 Å². The van der Waals surface area contributed by atoms with Gasteiger partial charge >= 0.3 is 0 Å². The molecule has 0 spiro atoms. The second kappa shape index (κ2) is 7.98. The van der Waals surface area contributed by atoms with Gasteiger partial charge < -0.3 is 14.6 Å². The van der Waals surface area contributed by atoms with E-state index in [9.17, 15) is 9.59 Å². The molecule has 1 fully saturated rings. The maximum atomic E-state index is 12.5. The molecule has 1 aromatic heterocycles. The summed E-state index contributed by atoms with van der Waals surface area (Å²) in [5, 5.41) is 0. The first kappa shape index (κ1) is 17.2. The van der Waals surface area contributed by atoms with E-state index in [4.69, 9.17) is 4.74 Å². The van der Waals surface area contributed by atoms with Crippen LogP contribution in [0, 0.1) is 6.92 Å². The Hall–Kier alpha value is -2.60. The van der Waals surface area contributed by atoms with Crippen LogP contribution in [0.25, 0.3) is 0 Å². The number of carbonyl (C=O) groups excluding carboxylic acids is 1. The number of pyridine rings is 1. The molecule has 6 nitrogen and oxygen atoms in total. The average Bonchev–Trinajstić information content (AvgIpc) is 2.63. The molecule has 2 aromatic rings. The molecular weight excluding hydrogens is 318 g/mol. The van der Waals surface area contributed by atoms with Crippen molar-refractivity contribution in [2.75, 3.05) is 39.3 Å². The molecule has 0 saturated carbocycles. The Balaban J connectivity index is 1.46. The minimum atomic E-state index is -0.316. The molecule has 1 aromatic carbocycles. The second-order valence-electron chi connectivity index (χ2n) is 6.18. The number of ether oxygens (including phenoxy) is 1. The van der Waals surface area contributed by atoms with Gasteiger partial charge in [0, 0.05) is 38.4 Å². The molecule has 0 bridgehead atoms. The summed E-state index contributed by atoms with van der Waals surface area (Å²) in [6.07, 6.45) is 0. The molecule has 6 heteroatoms. The molecule has 0 radical (unpaired) electrons. The third-order valence-electron chi connectivity index (χ3n) is 4.36. The van der Waals surface area contributed by atoms with Gasteiger partial charge in [-0.3, -0.25) is 14.5 Å². The summed E-state index contributed by atoms with van der Waals surface area (Å²) in [4.78, 5) is 31.1. The summed E-state index contributed by atoms with van der Waals surface area (Å²) in [5.41, 5.74) is 0.653. The fourth-order valence-electron chi connectivity index (χ4n) is 2.89. The number of hydrogen-bond acceptors (Lipinski definition) is 4. The summed E-state index contributed by atoms with van der Waals surface area (Å²) in [6, 6.07) is 13.1. The van der Waals surface area contributed by atoms with E-state index in [1.54, 1.807) is 24.0 Å². The van der Waals surface area contributed by atoms with E-state index in [0.29, 0.717) is 19.7 Å². The van der Waals surface area contributed by atoms with Gasteiger partial charge in [0.2, 0.25) is 0 Å². The minimum Gasteiger partial charge on any atom is -0.492 e. The highest BCUT2D eigenvalue weighted by molar-refractivity contribution is 5.93. The van der Waals surface area contributed by atoms with Crippen molar-refractivity contribution in [3.05, 3.63) is 64.1 Å². The van der Waals surface area contributed by atoms with Gasteiger partial charge in [-0.2, -0.15) is 0 Å². The van der Waals surface area contributed by atoms with Crippen LogP contribution in [0.2, 0.25) is 0 Å². The van der Waals surface area contributed by atoms with Crippen LogP contribution < -0.4 is 10.3 Å². The SMILES string of the molecule is Cc1ccc(C(=O)N2CCN(CCOc3ccccc3)CC2)c(=O)[nH]1. The summed E-state index contributed by atoms with van der Waals surface area (Å²) in [6.45, 7) is 6.06. The smallest absolute Gasteiger partial charge is 0.260 e. The first-order chi connectivity index (χ1) is 12.1. The minimum absolute atomic E-state index is 0.193. The van der Waals surface area contributed by atoms with Gasteiger partial charge in [-0.05, 0) is 31.2 Å². The Labute approximate surface area is 147 Å². The number of para-hydroxylation sites is 1. The largest absolute Gasteiger partial charge is 0.492 e. The van der Waals surface area contributed by atoms with Crippen molar-refractivity contribution in [3.63, 3.8) is 0 Å². The highest BCUT2D eigenvalue weighted by Crippen LogP contribution is 2.09. The van der Waals surface area contributed by atoms with Crippen molar-refractivity contribution in [2.24, 2.45) is 0 Å². The molecule has 2 heterocycles. The predicted octanol–water partition coefficient (Wildman–Crippen LogP) is 1.52. The summed E-state index contributed by atoms with van der Waals surface area (Å²) < 4.78 is 5.71. The Morgan fingerprint density at radius 1 is 1.08 bits per heavy atom. The lowest BCUT2D eigenvalue weighted by molar-refractivity contribution is 0.0618. The molecule has 0 aliphatic carbocycles. The molecule has 25 heavy (non-hydrogen) atoms. The van der Waals surface area contributed by atoms with Crippen LogP contribution in [0.1, 0.15) is 16.1 Å². The summed E-state index contributed by atoms with van der Waals surface area (Å²) >= 11 is 0. The van der Waals surface area contributed by atoms with Crippen LogP contribution in [-0.2, 0) is 0 Å². The number of aromatic amines is 1. The van der Waals surface area contributed by atoms with Crippen molar-refractivity contribution in [1.29, 1.82) is 0 Å². The van der Waals surface area contributed by atoms with E-state index >= 15 is 0 Å². The van der Waals surface area contributed by atoms with E-state index in [0.717, 1.165) is 31.1 Å². The normalized spacial score (nSPS) is 15.2. The van der Waals surface area contributed by atoms with Crippen LogP contribution in [0.4, 0.5) is 0 Å². The fraction of sp³-hybridized carbons (Fsp3) is 0.368. The van der Waals surface area contributed by atoms with E-state index in [-0.39, 0.29) is 17.0 Å². The molecule has 1 N–H and O–H groups in total. The molecule has 1 aliphatic heterocycles. The zero-order chi connectivity index (χ0) is 17.6. The lowest BCUT2D eigenvalue weighted by Crippen LogP contribution is -2.50. The van der Waals surface area contributed by atoms with Crippen LogP contribution >= 0.6 is 0 Å². The maximum absolute atomic E-state index is 12.5. The molecule has 1 aliphatic rings. The lowest BCUT2D eigenvalue weighted by Gasteiger charge is -2.34. The Bertz CT molecular complexity index is 765. The number of nitrogens with zero attached hydrogens (tertiary/aromatic N) is 2. The molecule has 3 rings (SSSR count). The predicted molar refractivity (Wildman–Crippen MR) is 96.1 cm³/mol. The van der Waals surface area contributed by atoms with Gasteiger partial charge in [0.25, 0.3) is 11.5 Å². The molecule has 132 valence electrons. The number of carbonyl (C=O) groups is 1. The number of aromatic nitrogens is 1. The lowest BCUT2D eigenvalue weighted by atomic mass is 10.2. The van der Waals surface area contributed by atoms with Crippen molar-refractivity contribution < 1.29 is 9.53 Å². The Morgan fingerprint density at radius 2 is 1.80 bits per heavy atom. The van der Waals surface area contributed by atoms with E-state index in [1.807, 2.05) is 30.3 Å². The number of hydrogen-bond donors (Lipinski definition) is 1. The highest BCUT2D eigenvalue weighted by Gasteiger charge is 2.23. The molecular formula is C19H23N3O3. The van der Waals surface area contributed by atoms with Gasteiger partial charge in [0.15, 0.2) is 0 Å². The molecule has 0 atom stereocenters. The first-order valence-electron chi connectivity index (χ1n) is 8.53. The number of aryl methyl sites for hydroxylation is 1. The number of rotatable bonds is 5. The average molecular weight is 341 g/mol. The standard InChI is InChI=1S/C19H23N3O3/c1-15-7-8-17(18(23)20-15)19(24)22-11-9-21(10-12-22)13-14-25-16-5-3-2-4-6-16/h2-8H,9-14H2,1H3,(H,20,23). The molecule has 1 saturated heterocycles. The quantitative estimate of drug-likeness (QED) is 0.895. The fourth-order valence-corrected chi connectivity index (χ4v) is 2.89. The number of H-pyrrole nitrogens is 1. The topological polar surface area (TPSA) is 65.6 Å². The van der Waals surface area contributed by atoms with Gasteiger partial charge in [-0.25, -0.2) is 0 Å². The van der Waals surface area contributed by atoms with Gasteiger partial charge in [-0.1, -0.05) is 18.2 Å². The third kappa shape index (κ3) is 4.48. The van der Waals surface area contributed by atoms with Gasteiger partial charge in [0.1, 0.15) is 17.9 Å². The summed E-state index contributed by atoms with van der Waals surface area (Å²) in [7, 11) is 0. The first-order valence-corrected chi connectivity index (χ1v) is 8.53. The maximum Gasteiger partial charge on any atom is 0.260 e. The Morgan fingerprint density at radius 3 is 2.48 bits per heavy atom. The highest BCUT2D eigenvalue weighted by atomic mass is 16.5. The van der Waals surface area contributed by atoms with E-state index < -0.39 is 0 Å². The zero-order valence-electron chi connectivity index (χ0n) is 14.4. The Kier molecular flexibility index (Phi) is 5.50.